The highest BCUT2D eigenvalue weighted by atomic mass is 16.5. The molecule has 0 radical (unpaired) electrons. The second kappa shape index (κ2) is 9.04. The lowest BCUT2D eigenvalue weighted by molar-refractivity contribution is -0.122. The predicted octanol–water partition coefficient (Wildman–Crippen LogP) is 3.50. The molecule has 5 heteroatoms. The summed E-state index contributed by atoms with van der Waals surface area (Å²) < 4.78 is 5.71. The molecule has 2 aromatic rings. The summed E-state index contributed by atoms with van der Waals surface area (Å²) >= 11 is 0. The molecular weight excluding hydrogens is 328 g/mol. The maximum atomic E-state index is 12.3. The van der Waals surface area contributed by atoms with Gasteiger partial charge in [-0.05, 0) is 48.2 Å². The number of carbonyl (C=O) groups is 2. The maximum Gasteiger partial charge on any atom is 0.265 e. The third-order valence-corrected chi connectivity index (χ3v) is 4.09. The van der Waals surface area contributed by atoms with E-state index >= 15 is 0 Å². The van der Waals surface area contributed by atoms with E-state index in [0.29, 0.717) is 23.8 Å². The van der Waals surface area contributed by atoms with Crippen LogP contribution in [0.4, 0.5) is 5.69 Å². The van der Waals surface area contributed by atoms with Gasteiger partial charge in [0.2, 0.25) is 5.91 Å². The lowest BCUT2D eigenvalue weighted by Crippen LogP contribution is -2.30. The summed E-state index contributed by atoms with van der Waals surface area (Å²) in [6.07, 6.45) is -0.304. The Morgan fingerprint density at radius 3 is 2.12 bits per heavy atom. The van der Waals surface area contributed by atoms with Crippen molar-refractivity contribution in [1.29, 1.82) is 0 Å². The molecule has 5 nitrogen and oxygen atoms in total. The fourth-order valence-corrected chi connectivity index (χ4v) is 2.41. The third-order valence-electron chi connectivity index (χ3n) is 4.09. The number of anilines is 1. The van der Waals surface area contributed by atoms with Crippen molar-refractivity contribution in [3.05, 3.63) is 59.7 Å². The van der Waals surface area contributed by atoms with E-state index in [9.17, 15) is 9.59 Å². The molecule has 0 heterocycles. The topological polar surface area (TPSA) is 67.4 Å². The van der Waals surface area contributed by atoms with Crippen molar-refractivity contribution in [3.63, 3.8) is 0 Å². The van der Waals surface area contributed by atoms with Gasteiger partial charge in [0.05, 0.1) is 6.42 Å². The zero-order valence-electron chi connectivity index (χ0n) is 15.7. The van der Waals surface area contributed by atoms with E-state index in [1.54, 1.807) is 26.1 Å². The van der Waals surface area contributed by atoms with Gasteiger partial charge in [0.1, 0.15) is 5.75 Å². The molecule has 0 aliphatic rings. The molecular formula is C21H26N2O3. The Balaban J connectivity index is 1.91. The normalized spacial score (nSPS) is 11.7. The molecule has 2 N–H and O–H groups in total. The fourth-order valence-electron chi connectivity index (χ4n) is 2.41. The molecule has 1 unspecified atom stereocenters. The Kier molecular flexibility index (Phi) is 6.78. The second-order valence-corrected chi connectivity index (χ2v) is 6.52. The summed E-state index contributed by atoms with van der Waals surface area (Å²) in [5.74, 6) is 0.846. The number of amides is 2. The molecule has 0 saturated carbocycles. The van der Waals surface area contributed by atoms with Crippen molar-refractivity contribution in [2.24, 2.45) is 0 Å². The zero-order valence-corrected chi connectivity index (χ0v) is 15.7. The molecule has 0 spiro atoms. The van der Waals surface area contributed by atoms with Crippen molar-refractivity contribution in [1.82, 2.24) is 5.32 Å². The number of carbonyl (C=O) groups excluding carboxylic acids is 2. The van der Waals surface area contributed by atoms with Gasteiger partial charge in [-0.2, -0.15) is 0 Å². The van der Waals surface area contributed by atoms with Gasteiger partial charge in [0.15, 0.2) is 6.10 Å². The molecule has 2 aromatic carbocycles. The minimum atomic E-state index is -0.620. The number of benzene rings is 2. The molecule has 2 rings (SSSR count). The van der Waals surface area contributed by atoms with Crippen LogP contribution in [-0.4, -0.2) is 25.0 Å². The van der Waals surface area contributed by atoms with Crippen LogP contribution in [0, 0.1) is 0 Å². The quantitative estimate of drug-likeness (QED) is 0.800. The van der Waals surface area contributed by atoms with Crippen LogP contribution in [0.5, 0.6) is 5.75 Å². The number of rotatable bonds is 7. The summed E-state index contributed by atoms with van der Waals surface area (Å²) in [6, 6.07) is 15.0. The van der Waals surface area contributed by atoms with Crippen LogP contribution < -0.4 is 15.4 Å². The molecule has 0 saturated heterocycles. The summed E-state index contributed by atoms with van der Waals surface area (Å²) in [6.45, 7) is 5.98. The standard InChI is InChI=1S/C21H26N2O3/c1-14(2)17-7-11-19(12-8-17)26-15(3)21(25)23-18-9-5-16(6-10-18)13-20(24)22-4/h5-12,14-15H,13H2,1-4H3,(H,22,24)(H,23,25). The van der Waals surface area contributed by atoms with Crippen LogP contribution in [0.3, 0.4) is 0 Å². The number of hydrogen-bond acceptors (Lipinski definition) is 3. The Bertz CT molecular complexity index is 737. The van der Waals surface area contributed by atoms with E-state index in [1.807, 2.05) is 36.4 Å². The predicted molar refractivity (Wildman–Crippen MR) is 103 cm³/mol. The van der Waals surface area contributed by atoms with Gasteiger partial charge in [0.25, 0.3) is 5.91 Å². The largest absolute Gasteiger partial charge is 0.481 e. The molecule has 138 valence electrons. The second-order valence-electron chi connectivity index (χ2n) is 6.52. The average Bonchev–Trinajstić information content (AvgIpc) is 2.63. The van der Waals surface area contributed by atoms with Crippen LogP contribution in [0.15, 0.2) is 48.5 Å². The summed E-state index contributed by atoms with van der Waals surface area (Å²) in [7, 11) is 1.61. The van der Waals surface area contributed by atoms with Gasteiger partial charge in [-0.25, -0.2) is 0 Å². The van der Waals surface area contributed by atoms with E-state index < -0.39 is 6.10 Å². The number of nitrogens with one attached hydrogen (secondary N) is 2. The Labute approximate surface area is 154 Å². The highest BCUT2D eigenvalue weighted by molar-refractivity contribution is 5.94. The lowest BCUT2D eigenvalue weighted by atomic mass is 10.0. The summed E-state index contributed by atoms with van der Waals surface area (Å²) in [5.41, 5.74) is 2.78. The van der Waals surface area contributed by atoms with E-state index in [4.69, 9.17) is 4.74 Å². The third kappa shape index (κ3) is 5.62. The van der Waals surface area contributed by atoms with Crippen molar-refractivity contribution in [2.45, 2.75) is 39.2 Å². The van der Waals surface area contributed by atoms with Gasteiger partial charge >= 0.3 is 0 Å². The Morgan fingerprint density at radius 2 is 1.58 bits per heavy atom. The van der Waals surface area contributed by atoms with Crippen LogP contribution in [0.25, 0.3) is 0 Å². The monoisotopic (exact) mass is 354 g/mol. The zero-order chi connectivity index (χ0) is 19.1. The van der Waals surface area contributed by atoms with Gasteiger partial charge in [0, 0.05) is 12.7 Å². The smallest absolute Gasteiger partial charge is 0.265 e. The van der Waals surface area contributed by atoms with E-state index in [0.717, 1.165) is 5.56 Å². The SMILES string of the molecule is CNC(=O)Cc1ccc(NC(=O)C(C)Oc2ccc(C(C)C)cc2)cc1. The van der Waals surface area contributed by atoms with Crippen molar-refractivity contribution in [3.8, 4) is 5.75 Å². The first-order chi connectivity index (χ1) is 12.4. The average molecular weight is 354 g/mol. The molecule has 0 aliphatic carbocycles. The minimum absolute atomic E-state index is 0.0488. The summed E-state index contributed by atoms with van der Waals surface area (Å²) in [5, 5.41) is 5.40. The minimum Gasteiger partial charge on any atom is -0.481 e. The van der Waals surface area contributed by atoms with Gasteiger partial charge in [-0.1, -0.05) is 38.1 Å². The van der Waals surface area contributed by atoms with E-state index in [-0.39, 0.29) is 11.8 Å². The van der Waals surface area contributed by atoms with Crippen LogP contribution >= 0.6 is 0 Å². The van der Waals surface area contributed by atoms with Crippen LogP contribution in [-0.2, 0) is 16.0 Å². The van der Waals surface area contributed by atoms with E-state index in [1.165, 1.54) is 5.56 Å². The lowest BCUT2D eigenvalue weighted by Gasteiger charge is -2.15. The van der Waals surface area contributed by atoms with Crippen molar-refractivity contribution in [2.75, 3.05) is 12.4 Å². The number of ether oxygens (including phenoxy) is 1. The van der Waals surface area contributed by atoms with Crippen molar-refractivity contribution >= 4 is 17.5 Å². The number of hydrogen-bond donors (Lipinski definition) is 2. The molecule has 0 bridgehead atoms. The first-order valence-electron chi connectivity index (χ1n) is 8.76. The Hall–Kier alpha value is -2.82. The highest BCUT2D eigenvalue weighted by Gasteiger charge is 2.15. The number of likely N-dealkylation sites (N-methyl/N-ethyl adjacent to an activating group) is 1. The first-order valence-corrected chi connectivity index (χ1v) is 8.76. The molecule has 0 fully saturated rings. The molecule has 1 atom stereocenters. The highest BCUT2D eigenvalue weighted by Crippen LogP contribution is 2.20. The van der Waals surface area contributed by atoms with E-state index in [2.05, 4.69) is 24.5 Å². The first kappa shape index (κ1) is 19.5. The molecule has 0 aromatic heterocycles. The van der Waals surface area contributed by atoms with Crippen LogP contribution in [0.2, 0.25) is 0 Å². The molecule has 0 aliphatic heterocycles. The van der Waals surface area contributed by atoms with Gasteiger partial charge < -0.3 is 15.4 Å². The summed E-state index contributed by atoms with van der Waals surface area (Å²) in [4.78, 5) is 23.7. The van der Waals surface area contributed by atoms with Crippen molar-refractivity contribution < 1.29 is 14.3 Å². The molecule has 2 amide bonds. The van der Waals surface area contributed by atoms with Crippen LogP contribution in [0.1, 0.15) is 37.8 Å². The maximum absolute atomic E-state index is 12.3. The van der Waals surface area contributed by atoms with Gasteiger partial charge in [-0.3, -0.25) is 9.59 Å². The Morgan fingerprint density at radius 1 is 0.962 bits per heavy atom. The fraction of sp³-hybridized carbons (Fsp3) is 0.333. The van der Waals surface area contributed by atoms with Gasteiger partial charge in [-0.15, -0.1) is 0 Å². The molecule has 26 heavy (non-hydrogen) atoms.